The molecule has 3 aromatic rings. The maximum Gasteiger partial charge on any atom is 0.419 e. The summed E-state index contributed by atoms with van der Waals surface area (Å²) in [6.45, 7) is 7.01. The Kier molecular flexibility index (Phi) is 7.97. The molecule has 5 rings (SSSR count). The van der Waals surface area contributed by atoms with Crippen molar-refractivity contribution in [3.63, 3.8) is 0 Å². The molecule has 0 radical (unpaired) electrons. The van der Waals surface area contributed by atoms with Crippen molar-refractivity contribution in [3.05, 3.63) is 65.9 Å². The van der Waals surface area contributed by atoms with Gasteiger partial charge in [0.25, 0.3) is 0 Å². The smallest absolute Gasteiger partial charge is 0.419 e. The normalized spacial score (nSPS) is 21.0. The zero-order chi connectivity index (χ0) is 28.6. The van der Waals surface area contributed by atoms with Crippen LogP contribution in [0.2, 0.25) is 0 Å². The number of thioether (sulfide) groups is 1. The van der Waals surface area contributed by atoms with E-state index in [1.165, 1.54) is 14.2 Å². The largest absolute Gasteiger partial charge is 0.468 e. The molecule has 212 valence electrons. The van der Waals surface area contributed by atoms with Gasteiger partial charge in [-0.3, -0.25) is 14.5 Å². The van der Waals surface area contributed by atoms with Gasteiger partial charge in [-0.25, -0.2) is 9.36 Å². The molecule has 2 aromatic carbocycles. The number of para-hydroxylation sites is 1. The monoisotopic (exact) mass is 564 g/mol. The third-order valence-corrected chi connectivity index (χ3v) is 8.94. The molecule has 3 heterocycles. The van der Waals surface area contributed by atoms with Crippen molar-refractivity contribution in [2.24, 2.45) is 11.8 Å². The Morgan fingerprint density at radius 2 is 1.60 bits per heavy atom. The lowest BCUT2D eigenvalue weighted by atomic mass is 9.78. The number of nitrogens with zero attached hydrogens (tertiary/aromatic N) is 2. The van der Waals surface area contributed by atoms with Crippen molar-refractivity contribution in [2.45, 2.75) is 55.4 Å². The van der Waals surface area contributed by atoms with E-state index in [9.17, 15) is 14.4 Å². The number of benzene rings is 2. The third-order valence-electron chi connectivity index (χ3n) is 7.72. The van der Waals surface area contributed by atoms with Crippen molar-refractivity contribution in [1.82, 2.24) is 9.47 Å². The van der Waals surface area contributed by atoms with E-state index in [0.717, 1.165) is 33.6 Å². The standard InChI is InChI=1S/C31H36N2O6S/c1-31(2,3)39-30(36)33-22-14-10-9-13-21(22)26-24(40-20-11-7-6-8-12-20)18-32-16-15-19(17-23(32)27(26)33)25(28(34)37-4)29(35)38-5/h6-14,19,23-25H,15-18H2,1-5H3/t19-,23+,24+/m1/s1. The van der Waals surface area contributed by atoms with Crippen LogP contribution in [0.3, 0.4) is 0 Å². The summed E-state index contributed by atoms with van der Waals surface area (Å²) in [6.07, 6.45) is 0.703. The van der Waals surface area contributed by atoms with E-state index in [-0.39, 0.29) is 17.2 Å². The number of carbonyl (C=O) groups excluding carboxylic acids is 3. The van der Waals surface area contributed by atoms with Gasteiger partial charge in [0, 0.05) is 22.1 Å². The van der Waals surface area contributed by atoms with Crippen molar-refractivity contribution in [2.75, 3.05) is 27.3 Å². The Hall–Kier alpha value is -3.30. The van der Waals surface area contributed by atoms with Gasteiger partial charge in [-0.15, -0.1) is 11.8 Å². The minimum atomic E-state index is -1.02. The molecule has 0 saturated carbocycles. The van der Waals surface area contributed by atoms with Crippen LogP contribution in [0.4, 0.5) is 4.79 Å². The highest BCUT2D eigenvalue weighted by Crippen LogP contribution is 2.52. The number of hydrogen-bond donors (Lipinski definition) is 0. The molecule has 0 amide bonds. The Labute approximate surface area is 238 Å². The first-order valence-electron chi connectivity index (χ1n) is 13.6. The van der Waals surface area contributed by atoms with Crippen molar-refractivity contribution in [1.29, 1.82) is 0 Å². The van der Waals surface area contributed by atoms with Gasteiger partial charge < -0.3 is 14.2 Å². The summed E-state index contributed by atoms with van der Waals surface area (Å²) in [4.78, 5) is 42.8. The zero-order valence-electron chi connectivity index (χ0n) is 23.6. The predicted molar refractivity (Wildman–Crippen MR) is 153 cm³/mol. The number of rotatable bonds is 5. The second kappa shape index (κ2) is 11.3. The molecule has 0 aliphatic carbocycles. The van der Waals surface area contributed by atoms with Crippen LogP contribution in [-0.4, -0.2) is 60.4 Å². The molecular weight excluding hydrogens is 528 g/mol. The molecule has 8 nitrogen and oxygen atoms in total. The minimum Gasteiger partial charge on any atom is -0.468 e. The number of piperidine rings is 1. The van der Waals surface area contributed by atoms with Gasteiger partial charge in [0.15, 0.2) is 5.92 Å². The maximum absolute atomic E-state index is 13.8. The fraction of sp³-hybridized carbons (Fsp3) is 0.452. The van der Waals surface area contributed by atoms with Gasteiger partial charge in [-0.1, -0.05) is 36.4 Å². The van der Waals surface area contributed by atoms with Crippen LogP contribution < -0.4 is 0 Å². The van der Waals surface area contributed by atoms with Crippen LogP contribution in [0.5, 0.6) is 0 Å². The highest BCUT2D eigenvalue weighted by atomic mass is 32.2. The molecule has 0 bridgehead atoms. The van der Waals surface area contributed by atoms with E-state index in [1.54, 1.807) is 16.3 Å². The van der Waals surface area contributed by atoms with E-state index >= 15 is 0 Å². The Bertz CT molecular complexity index is 1400. The molecule has 3 atom stereocenters. The SMILES string of the molecule is COC(=O)C(C(=O)OC)[C@@H]1CCN2C[C@H](Sc3ccccc3)c3c(n(C(=O)OC(C)(C)C)c4ccccc34)[C@@H]2C1. The van der Waals surface area contributed by atoms with E-state index in [4.69, 9.17) is 14.2 Å². The quantitative estimate of drug-likeness (QED) is 0.212. The third kappa shape index (κ3) is 5.37. The van der Waals surface area contributed by atoms with Gasteiger partial charge in [-0.05, 0) is 69.8 Å². The minimum absolute atomic E-state index is 0.0656. The topological polar surface area (TPSA) is 87.1 Å². The molecule has 0 N–H and O–H groups in total. The maximum atomic E-state index is 13.8. The number of fused-ring (bicyclic) bond motifs is 5. The van der Waals surface area contributed by atoms with Crippen LogP contribution in [0.15, 0.2) is 59.5 Å². The number of carbonyl (C=O) groups is 3. The average Bonchev–Trinajstić information content (AvgIpc) is 3.29. The van der Waals surface area contributed by atoms with Crippen molar-refractivity contribution < 1.29 is 28.6 Å². The van der Waals surface area contributed by atoms with Gasteiger partial charge in [0.1, 0.15) is 5.60 Å². The lowest BCUT2D eigenvalue weighted by molar-refractivity contribution is -0.163. The molecule has 2 aliphatic rings. The number of methoxy groups -OCH3 is 2. The summed E-state index contributed by atoms with van der Waals surface area (Å²) in [5.74, 6) is -2.49. The molecule has 1 fully saturated rings. The van der Waals surface area contributed by atoms with Gasteiger partial charge in [0.2, 0.25) is 0 Å². The van der Waals surface area contributed by atoms with Gasteiger partial charge >= 0.3 is 18.0 Å². The highest BCUT2D eigenvalue weighted by Gasteiger charge is 2.47. The van der Waals surface area contributed by atoms with E-state index in [2.05, 4.69) is 23.1 Å². The number of hydrogen-bond acceptors (Lipinski definition) is 8. The second-order valence-electron chi connectivity index (χ2n) is 11.4. The summed E-state index contributed by atoms with van der Waals surface area (Å²) in [5.41, 5.74) is 2.08. The van der Waals surface area contributed by atoms with Crippen molar-refractivity contribution >= 4 is 40.7 Å². The molecule has 40 heavy (non-hydrogen) atoms. The summed E-state index contributed by atoms with van der Waals surface area (Å²) in [6, 6.07) is 18.0. The fourth-order valence-corrected chi connectivity index (χ4v) is 7.38. The lowest BCUT2D eigenvalue weighted by Crippen LogP contribution is -2.47. The Morgan fingerprint density at radius 3 is 2.25 bits per heavy atom. The van der Waals surface area contributed by atoms with Crippen LogP contribution in [-0.2, 0) is 23.8 Å². The van der Waals surface area contributed by atoms with E-state index < -0.39 is 29.6 Å². The van der Waals surface area contributed by atoms with Crippen LogP contribution in [0.1, 0.15) is 56.2 Å². The number of aromatic nitrogens is 1. The van der Waals surface area contributed by atoms with Crippen LogP contribution in [0, 0.1) is 11.8 Å². The summed E-state index contributed by atoms with van der Waals surface area (Å²) >= 11 is 1.78. The van der Waals surface area contributed by atoms with Gasteiger partial charge in [-0.2, -0.15) is 0 Å². The molecule has 1 aromatic heterocycles. The van der Waals surface area contributed by atoms with Crippen molar-refractivity contribution in [3.8, 4) is 0 Å². The first kappa shape index (κ1) is 28.2. The predicted octanol–water partition coefficient (Wildman–Crippen LogP) is 5.99. The Balaban J connectivity index is 1.66. The Morgan fingerprint density at radius 1 is 0.950 bits per heavy atom. The van der Waals surface area contributed by atoms with Crippen LogP contribution in [0.25, 0.3) is 10.9 Å². The lowest BCUT2D eigenvalue weighted by Gasteiger charge is -2.46. The second-order valence-corrected chi connectivity index (χ2v) is 12.6. The highest BCUT2D eigenvalue weighted by molar-refractivity contribution is 7.99. The average molecular weight is 565 g/mol. The van der Waals surface area contributed by atoms with Gasteiger partial charge in [0.05, 0.1) is 31.5 Å². The summed E-state index contributed by atoms with van der Waals surface area (Å²) in [7, 11) is 2.58. The summed E-state index contributed by atoms with van der Waals surface area (Å²) < 4.78 is 17.7. The first-order chi connectivity index (χ1) is 19.1. The first-order valence-corrected chi connectivity index (χ1v) is 14.5. The molecule has 2 aliphatic heterocycles. The van der Waals surface area contributed by atoms with Crippen LogP contribution >= 0.6 is 11.8 Å². The zero-order valence-corrected chi connectivity index (χ0v) is 24.4. The molecule has 9 heteroatoms. The van der Waals surface area contributed by atoms with E-state index in [0.29, 0.717) is 19.4 Å². The number of esters is 2. The molecular formula is C31H36N2O6S. The fourth-order valence-electron chi connectivity index (χ4n) is 6.10. The molecule has 1 saturated heterocycles. The molecule has 0 spiro atoms. The number of ether oxygens (including phenoxy) is 3. The summed E-state index contributed by atoms with van der Waals surface area (Å²) in [5, 5.41) is 1.08. The molecule has 0 unspecified atom stereocenters. The van der Waals surface area contributed by atoms with E-state index in [1.807, 2.05) is 57.2 Å².